The molecule has 0 saturated carbocycles. The number of benzene rings is 2. The number of carbonyl (C=O) groups excluding carboxylic acids is 1. The smallest absolute Gasteiger partial charge is 0.265 e. The van der Waals surface area contributed by atoms with Gasteiger partial charge in [0.1, 0.15) is 0 Å². The molecule has 4 heterocycles. The highest BCUT2D eigenvalue weighted by Gasteiger charge is 2.24. The molecular weight excluding hydrogens is 430 g/mol. The Morgan fingerprint density at radius 1 is 1.03 bits per heavy atom. The topological polar surface area (TPSA) is 73.4 Å². The maximum Gasteiger partial charge on any atom is 0.265 e. The predicted molar refractivity (Wildman–Crippen MR) is 131 cm³/mol. The summed E-state index contributed by atoms with van der Waals surface area (Å²) in [6.45, 7) is 1.80. The Hall–Kier alpha value is -3.42. The number of nitrogens with zero attached hydrogens (tertiary/aromatic N) is 3. The molecule has 164 valence electrons. The number of aliphatic imine (C=N–C) groups is 1. The van der Waals surface area contributed by atoms with Crippen molar-refractivity contribution in [1.82, 2.24) is 20.4 Å². The highest BCUT2D eigenvalue weighted by Crippen LogP contribution is 2.44. The molecule has 2 aliphatic heterocycles. The van der Waals surface area contributed by atoms with Crippen LogP contribution in [-0.2, 0) is 0 Å². The van der Waals surface area contributed by atoms with E-state index in [0.717, 1.165) is 69.3 Å². The summed E-state index contributed by atoms with van der Waals surface area (Å²) in [5.74, 6) is -0.0870. The van der Waals surface area contributed by atoms with Crippen LogP contribution in [-0.4, -0.2) is 39.7 Å². The van der Waals surface area contributed by atoms with Crippen molar-refractivity contribution in [2.24, 2.45) is 4.99 Å². The summed E-state index contributed by atoms with van der Waals surface area (Å²) in [6.07, 6.45) is 7.05. The number of H-pyrrole nitrogens is 1. The maximum absolute atomic E-state index is 13.0. The molecule has 7 heteroatoms. The van der Waals surface area contributed by atoms with Crippen LogP contribution in [0.4, 0.5) is 5.69 Å². The third-order valence-electron chi connectivity index (χ3n) is 6.11. The van der Waals surface area contributed by atoms with E-state index in [0.29, 0.717) is 5.56 Å². The minimum absolute atomic E-state index is 0.0870. The van der Waals surface area contributed by atoms with Gasteiger partial charge in [-0.2, -0.15) is 0 Å². The summed E-state index contributed by atoms with van der Waals surface area (Å²) in [5, 5.41) is 3.18. The zero-order chi connectivity index (χ0) is 22.2. The molecule has 0 bridgehead atoms. The second-order valence-electron chi connectivity index (χ2n) is 8.35. The van der Waals surface area contributed by atoms with E-state index in [4.69, 9.17) is 4.99 Å². The number of nitrogens with one attached hydrogen (secondary N) is 2. The molecule has 0 aliphatic carbocycles. The first-order valence-corrected chi connectivity index (χ1v) is 12.1. The predicted octanol–water partition coefficient (Wildman–Crippen LogP) is 5.33. The quantitative estimate of drug-likeness (QED) is 0.387. The highest BCUT2D eigenvalue weighted by atomic mass is 32.2. The van der Waals surface area contributed by atoms with E-state index in [2.05, 4.69) is 33.6 Å². The summed E-state index contributed by atoms with van der Waals surface area (Å²) in [4.78, 5) is 28.1. The molecule has 6 rings (SSSR count). The lowest BCUT2D eigenvalue weighted by Crippen LogP contribution is -2.45. The summed E-state index contributed by atoms with van der Waals surface area (Å²) in [7, 11) is 0. The van der Waals surface area contributed by atoms with Crippen molar-refractivity contribution in [2.45, 2.75) is 29.1 Å². The number of piperidine rings is 1. The van der Waals surface area contributed by atoms with Crippen LogP contribution in [0.1, 0.15) is 40.9 Å². The lowest BCUT2D eigenvalue weighted by Gasteiger charge is -2.26. The number of hydrogen-bond donors (Lipinski definition) is 2. The Morgan fingerprint density at radius 3 is 2.76 bits per heavy atom. The second-order valence-corrected chi connectivity index (χ2v) is 9.40. The summed E-state index contributed by atoms with van der Waals surface area (Å²) in [6, 6.07) is 18.0. The number of aromatic nitrogens is 2. The van der Waals surface area contributed by atoms with Gasteiger partial charge >= 0.3 is 0 Å². The monoisotopic (exact) mass is 453 g/mol. The van der Waals surface area contributed by atoms with Crippen LogP contribution >= 0.6 is 11.8 Å². The van der Waals surface area contributed by atoms with Gasteiger partial charge in [-0.15, -0.1) is 0 Å². The normalized spacial score (nSPS) is 15.9. The molecular formula is C26H23N5OS. The number of aromatic amines is 1. The Labute approximate surface area is 196 Å². The van der Waals surface area contributed by atoms with Gasteiger partial charge in [0.25, 0.3) is 5.91 Å². The lowest BCUT2D eigenvalue weighted by molar-refractivity contribution is 0.0750. The first-order valence-electron chi connectivity index (χ1n) is 11.2. The van der Waals surface area contributed by atoms with Crippen LogP contribution in [0.2, 0.25) is 0 Å². The molecule has 4 aromatic rings. The number of carbonyl (C=O) groups is 1. The van der Waals surface area contributed by atoms with Crippen molar-refractivity contribution >= 4 is 40.0 Å². The van der Waals surface area contributed by atoms with Gasteiger partial charge in [-0.25, -0.2) is 10.0 Å². The number of rotatable bonds is 3. The van der Waals surface area contributed by atoms with Gasteiger partial charge in [0.2, 0.25) is 0 Å². The van der Waals surface area contributed by atoms with E-state index in [1.165, 1.54) is 6.42 Å². The fraction of sp³-hybridized carbons (Fsp3) is 0.192. The average Bonchev–Trinajstić information content (AvgIpc) is 3.14. The molecule has 0 spiro atoms. The fourth-order valence-corrected chi connectivity index (χ4v) is 5.54. The summed E-state index contributed by atoms with van der Waals surface area (Å²) >= 11 is 1.69. The minimum Gasteiger partial charge on any atom is -0.352 e. The van der Waals surface area contributed by atoms with Crippen molar-refractivity contribution in [2.75, 3.05) is 13.1 Å². The Kier molecular flexibility index (Phi) is 5.20. The largest absolute Gasteiger partial charge is 0.352 e. The second kappa shape index (κ2) is 8.50. The van der Waals surface area contributed by atoms with Crippen LogP contribution in [0.3, 0.4) is 0 Å². The first-order chi connectivity index (χ1) is 16.3. The van der Waals surface area contributed by atoms with Crippen LogP contribution in [0, 0.1) is 0 Å². The number of pyridine rings is 1. The first kappa shape index (κ1) is 20.2. The molecule has 2 N–H and O–H groups in total. The van der Waals surface area contributed by atoms with E-state index in [1.807, 2.05) is 47.6 Å². The van der Waals surface area contributed by atoms with Gasteiger partial charge in [0, 0.05) is 57.3 Å². The molecule has 1 fully saturated rings. The molecule has 33 heavy (non-hydrogen) atoms. The molecule has 2 aromatic carbocycles. The summed E-state index contributed by atoms with van der Waals surface area (Å²) in [5.41, 5.74) is 8.28. The Morgan fingerprint density at radius 2 is 1.91 bits per heavy atom. The Balaban J connectivity index is 1.44. The fourth-order valence-electron chi connectivity index (χ4n) is 4.43. The third-order valence-corrected chi connectivity index (χ3v) is 7.30. The van der Waals surface area contributed by atoms with Gasteiger partial charge in [0.15, 0.2) is 0 Å². The molecule has 6 nitrogen and oxygen atoms in total. The van der Waals surface area contributed by atoms with E-state index < -0.39 is 0 Å². The van der Waals surface area contributed by atoms with Crippen LogP contribution in [0.15, 0.2) is 81.8 Å². The van der Waals surface area contributed by atoms with E-state index in [9.17, 15) is 4.79 Å². The van der Waals surface area contributed by atoms with Crippen molar-refractivity contribution in [3.8, 4) is 0 Å². The Bertz CT molecular complexity index is 1370. The maximum atomic E-state index is 13.0. The molecule has 2 aliphatic rings. The molecule has 1 saturated heterocycles. The van der Waals surface area contributed by atoms with Crippen molar-refractivity contribution < 1.29 is 4.79 Å². The van der Waals surface area contributed by atoms with E-state index in [-0.39, 0.29) is 5.91 Å². The SMILES string of the molecule is O=C(NN1CCCCC1)c1ccc2c(c1)N=C(c1cccnc1)c1[nH]c3ccccc3c1S2. The van der Waals surface area contributed by atoms with Crippen LogP contribution in [0.5, 0.6) is 0 Å². The third kappa shape index (κ3) is 3.83. The van der Waals surface area contributed by atoms with Crippen molar-refractivity contribution in [1.29, 1.82) is 0 Å². The molecule has 2 aromatic heterocycles. The van der Waals surface area contributed by atoms with Crippen molar-refractivity contribution in [3.05, 3.63) is 83.8 Å². The standard InChI is InChI=1S/C26H23N5OS/c32-26(30-31-13-4-1-5-14-31)17-10-11-22-21(15-17)29-23(18-7-6-12-27-16-18)24-25(33-22)19-8-2-3-9-20(19)28-24/h2-3,6-12,15-16,28H,1,4-5,13-14H2,(H,30,32). The molecule has 0 atom stereocenters. The number of para-hydroxylation sites is 1. The van der Waals surface area contributed by atoms with E-state index >= 15 is 0 Å². The van der Waals surface area contributed by atoms with Crippen LogP contribution < -0.4 is 5.43 Å². The molecule has 1 amide bonds. The van der Waals surface area contributed by atoms with Gasteiger partial charge in [0.05, 0.1) is 17.1 Å². The number of hydrazine groups is 1. The summed E-state index contributed by atoms with van der Waals surface area (Å²) < 4.78 is 0. The van der Waals surface area contributed by atoms with Gasteiger partial charge in [-0.3, -0.25) is 15.2 Å². The van der Waals surface area contributed by atoms with Gasteiger partial charge in [-0.05, 0) is 49.2 Å². The van der Waals surface area contributed by atoms with Crippen LogP contribution in [0.25, 0.3) is 10.9 Å². The zero-order valence-corrected chi connectivity index (χ0v) is 18.9. The molecule has 0 radical (unpaired) electrons. The van der Waals surface area contributed by atoms with Gasteiger partial charge in [-0.1, -0.05) is 36.4 Å². The number of hydrogen-bond acceptors (Lipinski definition) is 5. The number of amides is 1. The minimum atomic E-state index is -0.0870. The lowest BCUT2D eigenvalue weighted by atomic mass is 10.1. The number of fused-ring (bicyclic) bond motifs is 4. The molecule has 0 unspecified atom stereocenters. The zero-order valence-electron chi connectivity index (χ0n) is 18.0. The van der Waals surface area contributed by atoms with Crippen molar-refractivity contribution in [3.63, 3.8) is 0 Å². The van der Waals surface area contributed by atoms with Gasteiger partial charge < -0.3 is 4.98 Å². The van der Waals surface area contributed by atoms with E-state index in [1.54, 1.807) is 18.0 Å². The average molecular weight is 454 g/mol. The highest BCUT2D eigenvalue weighted by molar-refractivity contribution is 7.99.